The normalized spacial score (nSPS) is 16.7. The molecule has 4 rings (SSSR count). The van der Waals surface area contributed by atoms with Gasteiger partial charge >= 0.3 is 5.97 Å². The second kappa shape index (κ2) is 13.7. The minimum Gasteiger partial charge on any atom is -0.496 e. The molecule has 43 heavy (non-hydrogen) atoms. The third-order valence-electron chi connectivity index (χ3n) is 9.12. The van der Waals surface area contributed by atoms with Crippen LogP contribution in [0, 0.1) is 6.92 Å². The Kier molecular flexibility index (Phi) is 10.7. The SMILES string of the molecule is COC(=O)c1cccc2sc(CC(OC3CCCC3)[C@H](O[Si](C)(C)C(C)(C)C)[C@H](O)c3cc(OC)c(C)c(OC)c3)cc12. The Morgan fingerprint density at radius 2 is 1.67 bits per heavy atom. The van der Waals surface area contributed by atoms with Crippen molar-refractivity contribution in [1.82, 2.24) is 0 Å². The van der Waals surface area contributed by atoms with E-state index < -0.39 is 26.6 Å². The lowest BCUT2D eigenvalue weighted by Gasteiger charge is -2.43. The van der Waals surface area contributed by atoms with Crippen LogP contribution in [0.4, 0.5) is 0 Å². The zero-order valence-corrected chi connectivity index (χ0v) is 28.9. The van der Waals surface area contributed by atoms with Gasteiger partial charge in [0.15, 0.2) is 8.32 Å². The van der Waals surface area contributed by atoms with Crippen LogP contribution >= 0.6 is 11.3 Å². The van der Waals surface area contributed by atoms with Gasteiger partial charge < -0.3 is 28.5 Å². The van der Waals surface area contributed by atoms with Gasteiger partial charge in [-0.2, -0.15) is 0 Å². The molecule has 1 aromatic heterocycles. The summed E-state index contributed by atoms with van der Waals surface area (Å²) >= 11 is 1.63. The van der Waals surface area contributed by atoms with Crippen molar-refractivity contribution in [1.29, 1.82) is 0 Å². The highest BCUT2D eigenvalue weighted by Gasteiger charge is 2.44. The molecule has 0 aliphatic heterocycles. The van der Waals surface area contributed by atoms with Crippen molar-refractivity contribution in [3.05, 3.63) is 58.0 Å². The molecule has 0 radical (unpaired) electrons. The van der Waals surface area contributed by atoms with Crippen molar-refractivity contribution >= 4 is 35.7 Å². The smallest absolute Gasteiger partial charge is 0.338 e. The van der Waals surface area contributed by atoms with Crippen LogP contribution in [0.1, 0.15) is 78.9 Å². The van der Waals surface area contributed by atoms with Gasteiger partial charge in [-0.15, -0.1) is 11.3 Å². The molecule has 1 saturated carbocycles. The van der Waals surface area contributed by atoms with E-state index in [1.54, 1.807) is 31.6 Å². The molecule has 1 aliphatic carbocycles. The van der Waals surface area contributed by atoms with Gasteiger partial charge in [0.05, 0.1) is 39.1 Å². The first kappa shape index (κ1) is 33.5. The molecule has 1 fully saturated rings. The zero-order valence-electron chi connectivity index (χ0n) is 27.1. The highest BCUT2D eigenvalue weighted by molar-refractivity contribution is 7.19. The number of esters is 1. The van der Waals surface area contributed by atoms with Crippen LogP contribution < -0.4 is 9.47 Å². The lowest BCUT2D eigenvalue weighted by atomic mass is 9.96. The first-order chi connectivity index (χ1) is 20.3. The Balaban J connectivity index is 1.81. The monoisotopic (exact) mass is 628 g/mol. The number of aliphatic hydroxyl groups is 1. The number of methoxy groups -OCH3 is 3. The van der Waals surface area contributed by atoms with Crippen LogP contribution in [0.15, 0.2) is 36.4 Å². The van der Waals surface area contributed by atoms with Crippen LogP contribution in [0.2, 0.25) is 18.1 Å². The third kappa shape index (κ3) is 7.45. The number of hydrogen-bond donors (Lipinski definition) is 1. The molecule has 2 aromatic carbocycles. The largest absolute Gasteiger partial charge is 0.496 e. The summed E-state index contributed by atoms with van der Waals surface area (Å²) in [5.41, 5.74) is 2.07. The first-order valence-electron chi connectivity index (χ1n) is 15.1. The Labute approximate surface area is 261 Å². The fourth-order valence-corrected chi connectivity index (χ4v) is 7.99. The molecule has 0 bridgehead atoms. The highest BCUT2D eigenvalue weighted by atomic mass is 32.1. The van der Waals surface area contributed by atoms with E-state index in [1.807, 2.05) is 31.2 Å². The number of benzene rings is 2. The minimum absolute atomic E-state index is 0.0848. The number of carbonyl (C=O) groups excluding carboxylic acids is 1. The number of ether oxygens (including phenoxy) is 4. The van der Waals surface area contributed by atoms with Crippen molar-refractivity contribution in [2.45, 2.75) is 102 Å². The predicted octanol–water partition coefficient (Wildman–Crippen LogP) is 8.01. The van der Waals surface area contributed by atoms with Crippen molar-refractivity contribution in [2.75, 3.05) is 21.3 Å². The molecule has 0 amide bonds. The van der Waals surface area contributed by atoms with Crippen molar-refractivity contribution in [3.8, 4) is 11.5 Å². The first-order valence-corrected chi connectivity index (χ1v) is 18.9. The Morgan fingerprint density at radius 3 is 2.23 bits per heavy atom. The van der Waals surface area contributed by atoms with Crippen LogP contribution in [0.5, 0.6) is 11.5 Å². The number of hydrogen-bond acceptors (Lipinski definition) is 8. The average molecular weight is 629 g/mol. The third-order valence-corrected chi connectivity index (χ3v) is 14.7. The van der Waals surface area contributed by atoms with E-state index in [-0.39, 0.29) is 17.1 Å². The van der Waals surface area contributed by atoms with Gasteiger partial charge in [0.1, 0.15) is 23.7 Å². The molecule has 0 saturated heterocycles. The highest BCUT2D eigenvalue weighted by Crippen LogP contribution is 2.42. The second-order valence-electron chi connectivity index (χ2n) is 13.0. The number of carbonyl (C=O) groups is 1. The fourth-order valence-electron chi connectivity index (χ4n) is 5.54. The van der Waals surface area contributed by atoms with Crippen molar-refractivity contribution in [3.63, 3.8) is 0 Å². The lowest BCUT2D eigenvalue weighted by molar-refractivity contribution is -0.108. The molecule has 1 N–H and O–H groups in total. The molecule has 1 unspecified atom stereocenters. The van der Waals surface area contributed by atoms with E-state index in [4.69, 9.17) is 23.4 Å². The minimum atomic E-state index is -2.38. The van der Waals surface area contributed by atoms with Gasteiger partial charge in [-0.3, -0.25) is 0 Å². The van der Waals surface area contributed by atoms with Gasteiger partial charge in [-0.1, -0.05) is 39.7 Å². The maximum atomic E-state index is 12.5. The molecular weight excluding hydrogens is 581 g/mol. The molecule has 3 aromatic rings. The van der Waals surface area contributed by atoms with E-state index in [2.05, 4.69) is 39.9 Å². The number of thiophene rings is 1. The molecule has 1 heterocycles. The number of rotatable bonds is 12. The van der Waals surface area contributed by atoms with Crippen LogP contribution in [0.3, 0.4) is 0 Å². The quantitative estimate of drug-likeness (QED) is 0.161. The molecule has 236 valence electrons. The maximum Gasteiger partial charge on any atom is 0.338 e. The van der Waals surface area contributed by atoms with Crippen LogP contribution in [-0.4, -0.2) is 59.0 Å². The van der Waals surface area contributed by atoms with Gasteiger partial charge in [0, 0.05) is 26.9 Å². The summed E-state index contributed by atoms with van der Waals surface area (Å²) in [5, 5.41) is 13.0. The molecule has 3 atom stereocenters. The Bertz CT molecular complexity index is 1380. The fraction of sp³-hybridized carbons (Fsp3) is 0.559. The van der Waals surface area contributed by atoms with Gasteiger partial charge in [-0.25, -0.2) is 4.79 Å². The number of aliphatic hydroxyl groups excluding tert-OH is 1. The van der Waals surface area contributed by atoms with E-state index in [0.29, 0.717) is 29.0 Å². The summed E-state index contributed by atoms with van der Waals surface area (Å²) in [5.74, 6) is 0.936. The summed E-state index contributed by atoms with van der Waals surface area (Å²) in [4.78, 5) is 13.6. The van der Waals surface area contributed by atoms with E-state index >= 15 is 0 Å². The summed E-state index contributed by atoms with van der Waals surface area (Å²) in [6.45, 7) is 13.0. The van der Waals surface area contributed by atoms with E-state index in [0.717, 1.165) is 46.2 Å². The van der Waals surface area contributed by atoms with Crippen molar-refractivity contribution < 1.29 is 33.3 Å². The van der Waals surface area contributed by atoms with E-state index in [9.17, 15) is 9.90 Å². The number of fused-ring (bicyclic) bond motifs is 1. The Hall–Kier alpha value is -2.43. The lowest BCUT2D eigenvalue weighted by Crippen LogP contribution is -2.50. The van der Waals surface area contributed by atoms with Crippen LogP contribution in [-0.2, 0) is 20.3 Å². The Morgan fingerprint density at radius 1 is 1.05 bits per heavy atom. The predicted molar refractivity (Wildman–Crippen MR) is 175 cm³/mol. The molecule has 7 nitrogen and oxygen atoms in total. The van der Waals surface area contributed by atoms with Crippen molar-refractivity contribution in [2.24, 2.45) is 0 Å². The maximum absolute atomic E-state index is 12.5. The standard InChI is InChI=1S/C34H48O7SSi/c1-21-27(37-5)17-22(18-28(21)38-6)31(35)32(41-43(8,9)34(2,3)4)29(40-23-13-10-11-14-23)20-24-19-26-25(33(36)39-7)15-12-16-30(26)42-24/h12,15-19,23,29,31-32,35H,10-11,13-14,20H2,1-9H3/t29?,31-,32+/m1/s1. The van der Waals surface area contributed by atoms with Crippen LogP contribution in [0.25, 0.3) is 10.1 Å². The summed E-state index contributed by atoms with van der Waals surface area (Å²) in [7, 11) is 2.27. The summed E-state index contributed by atoms with van der Waals surface area (Å²) in [6.07, 6.45) is 2.80. The summed E-state index contributed by atoms with van der Waals surface area (Å²) in [6, 6.07) is 11.5. The molecule has 1 aliphatic rings. The topological polar surface area (TPSA) is 83.5 Å². The second-order valence-corrected chi connectivity index (χ2v) is 19.0. The molecule has 0 spiro atoms. The van der Waals surface area contributed by atoms with Gasteiger partial charge in [0.25, 0.3) is 0 Å². The van der Waals surface area contributed by atoms with E-state index in [1.165, 1.54) is 7.11 Å². The average Bonchev–Trinajstić information content (AvgIpc) is 3.63. The zero-order chi connectivity index (χ0) is 31.5. The van der Waals surface area contributed by atoms with Gasteiger partial charge in [-0.05, 0) is 73.8 Å². The van der Waals surface area contributed by atoms with Gasteiger partial charge in [0.2, 0.25) is 0 Å². The molecule has 9 heteroatoms. The molecular formula is C34H48O7SSi. The summed E-state index contributed by atoms with van der Waals surface area (Å²) < 4.78 is 31.4.